The van der Waals surface area contributed by atoms with Crippen molar-refractivity contribution in [1.29, 1.82) is 0 Å². The molecule has 0 aromatic carbocycles. The third-order valence-electron chi connectivity index (χ3n) is 5.30. The number of rotatable bonds is 24. The summed E-state index contributed by atoms with van der Waals surface area (Å²) in [4.78, 5) is 41.9. The van der Waals surface area contributed by atoms with E-state index in [9.17, 15) is 14.2 Å². The van der Waals surface area contributed by atoms with Crippen molar-refractivity contribution in [2.45, 2.75) is 103 Å². The summed E-state index contributed by atoms with van der Waals surface area (Å²) >= 11 is 0. The van der Waals surface area contributed by atoms with Crippen LogP contribution < -0.4 is 0 Å². The second-order valence-corrected chi connectivity index (χ2v) is 10.2. The molecular formula is C30H49O8P. The molecule has 39 heavy (non-hydrogen) atoms. The highest BCUT2D eigenvalue weighted by atomic mass is 31.2. The topological polar surface area (TPSA) is 119 Å². The van der Waals surface area contributed by atoms with Gasteiger partial charge in [-0.25, -0.2) is 4.57 Å². The Balaban J connectivity index is 4.15. The first-order valence-corrected chi connectivity index (χ1v) is 15.6. The van der Waals surface area contributed by atoms with E-state index >= 15 is 0 Å². The molecule has 222 valence electrons. The Kier molecular flexibility index (Phi) is 24.5. The van der Waals surface area contributed by atoms with Crippen molar-refractivity contribution in [3.63, 3.8) is 0 Å². The second kappa shape index (κ2) is 26.0. The summed E-state index contributed by atoms with van der Waals surface area (Å²) < 4.78 is 25.8. The molecule has 0 radical (unpaired) electrons. The van der Waals surface area contributed by atoms with Gasteiger partial charge in [-0.2, -0.15) is 0 Å². The van der Waals surface area contributed by atoms with Gasteiger partial charge in [-0.05, 0) is 51.4 Å². The molecule has 0 bridgehead atoms. The summed E-state index contributed by atoms with van der Waals surface area (Å²) in [6, 6.07) is 0. The van der Waals surface area contributed by atoms with Gasteiger partial charge in [-0.15, -0.1) is 0 Å². The quantitative estimate of drug-likeness (QED) is 0.0533. The lowest BCUT2D eigenvalue weighted by Crippen LogP contribution is -2.29. The highest BCUT2D eigenvalue weighted by molar-refractivity contribution is 7.46. The SMILES string of the molecule is CC/C=C\C/C=C\C/C=C\C/C=C\C/C=C\CCCC(=O)OC(COC(=O)CCCCCC)COP(=O)(O)O. The Morgan fingerprint density at radius 1 is 0.692 bits per heavy atom. The van der Waals surface area contributed by atoms with Gasteiger partial charge >= 0.3 is 19.8 Å². The molecule has 0 heterocycles. The maximum atomic E-state index is 12.2. The number of phosphoric ester groups is 1. The number of unbranched alkanes of at least 4 members (excludes halogenated alkanes) is 4. The predicted molar refractivity (Wildman–Crippen MR) is 156 cm³/mol. The molecule has 2 N–H and O–H groups in total. The maximum Gasteiger partial charge on any atom is 0.469 e. The Labute approximate surface area is 235 Å². The summed E-state index contributed by atoms with van der Waals surface area (Å²) in [5.41, 5.74) is 0. The van der Waals surface area contributed by atoms with E-state index in [2.05, 4.69) is 67.0 Å². The highest BCUT2D eigenvalue weighted by Crippen LogP contribution is 2.35. The van der Waals surface area contributed by atoms with Crippen LogP contribution >= 0.6 is 7.82 Å². The molecule has 1 unspecified atom stereocenters. The van der Waals surface area contributed by atoms with Gasteiger partial charge in [0.05, 0.1) is 6.61 Å². The lowest BCUT2D eigenvalue weighted by Gasteiger charge is -2.18. The molecule has 0 rings (SSSR count). The summed E-state index contributed by atoms with van der Waals surface area (Å²) in [6.07, 6.45) is 30.2. The van der Waals surface area contributed by atoms with Gasteiger partial charge in [0, 0.05) is 12.8 Å². The zero-order valence-electron chi connectivity index (χ0n) is 23.7. The zero-order chi connectivity index (χ0) is 29.0. The Morgan fingerprint density at radius 2 is 1.23 bits per heavy atom. The molecule has 9 heteroatoms. The van der Waals surface area contributed by atoms with E-state index in [1.165, 1.54) is 0 Å². The van der Waals surface area contributed by atoms with Crippen molar-refractivity contribution in [3.05, 3.63) is 60.8 Å². The van der Waals surface area contributed by atoms with Crippen LogP contribution in [0.25, 0.3) is 0 Å². The monoisotopic (exact) mass is 568 g/mol. The lowest BCUT2D eigenvalue weighted by atomic mass is 10.2. The summed E-state index contributed by atoms with van der Waals surface area (Å²) in [6.45, 7) is 3.32. The third-order valence-corrected chi connectivity index (χ3v) is 5.79. The van der Waals surface area contributed by atoms with Gasteiger partial charge in [0.1, 0.15) is 6.61 Å². The van der Waals surface area contributed by atoms with Crippen LogP contribution in [0.3, 0.4) is 0 Å². The van der Waals surface area contributed by atoms with Gasteiger partial charge in [0.25, 0.3) is 0 Å². The van der Waals surface area contributed by atoms with Gasteiger partial charge < -0.3 is 19.3 Å². The van der Waals surface area contributed by atoms with E-state index in [-0.39, 0.29) is 19.4 Å². The summed E-state index contributed by atoms with van der Waals surface area (Å²) in [5, 5.41) is 0. The van der Waals surface area contributed by atoms with Crippen molar-refractivity contribution in [2.75, 3.05) is 13.2 Å². The Hall–Kier alpha value is -2.25. The van der Waals surface area contributed by atoms with Crippen LogP contribution in [0.15, 0.2) is 60.8 Å². The van der Waals surface area contributed by atoms with Crippen molar-refractivity contribution in [1.82, 2.24) is 0 Å². The van der Waals surface area contributed by atoms with Crippen molar-refractivity contribution >= 4 is 19.8 Å². The first-order chi connectivity index (χ1) is 18.8. The smallest absolute Gasteiger partial charge is 0.462 e. The van der Waals surface area contributed by atoms with E-state index in [1.807, 2.05) is 12.2 Å². The predicted octanol–water partition coefficient (Wildman–Crippen LogP) is 7.44. The Bertz CT molecular complexity index is 823. The van der Waals surface area contributed by atoms with Crippen LogP contribution in [0.2, 0.25) is 0 Å². The standard InChI is InChI=1S/C30H49O8P/c1-3-5-7-9-10-11-12-13-14-15-16-17-18-19-20-21-23-25-30(32)38-28(27-37-39(33,34)35)26-36-29(31)24-22-8-6-4-2/h5,7,10-11,13-14,16-17,19-20,28H,3-4,6,8-9,12,15,18,21-27H2,1-2H3,(H2,33,34,35)/b7-5-,11-10-,14-13-,17-16-,20-19-. The molecule has 0 fully saturated rings. The fraction of sp³-hybridized carbons (Fsp3) is 0.600. The number of esters is 2. The number of hydrogen-bond acceptors (Lipinski definition) is 6. The highest BCUT2D eigenvalue weighted by Gasteiger charge is 2.22. The molecule has 0 aromatic heterocycles. The van der Waals surface area contributed by atoms with E-state index < -0.39 is 32.5 Å². The Morgan fingerprint density at radius 3 is 1.77 bits per heavy atom. The minimum atomic E-state index is -4.75. The molecule has 0 aromatic rings. The molecule has 8 nitrogen and oxygen atoms in total. The third kappa shape index (κ3) is 28.6. The van der Waals surface area contributed by atoms with Gasteiger partial charge in [-0.1, -0.05) is 93.9 Å². The minimum absolute atomic E-state index is 0.131. The van der Waals surface area contributed by atoms with Crippen molar-refractivity contribution < 1.29 is 37.9 Å². The van der Waals surface area contributed by atoms with Gasteiger partial charge in [-0.3, -0.25) is 14.1 Å². The van der Waals surface area contributed by atoms with Gasteiger partial charge in [0.2, 0.25) is 0 Å². The zero-order valence-corrected chi connectivity index (χ0v) is 24.6. The van der Waals surface area contributed by atoms with Crippen molar-refractivity contribution in [3.8, 4) is 0 Å². The molecule has 0 amide bonds. The first-order valence-electron chi connectivity index (χ1n) is 14.1. The van der Waals surface area contributed by atoms with E-state index in [1.54, 1.807) is 0 Å². The summed E-state index contributed by atoms with van der Waals surface area (Å²) in [7, 11) is -4.75. The van der Waals surface area contributed by atoms with Crippen LogP contribution in [0.5, 0.6) is 0 Å². The number of allylic oxidation sites excluding steroid dienone is 10. The average Bonchev–Trinajstić information content (AvgIpc) is 2.89. The normalized spacial score (nSPS) is 13.4. The molecule has 0 aliphatic heterocycles. The molecule has 1 atom stereocenters. The van der Waals surface area contributed by atoms with Crippen LogP contribution in [-0.4, -0.2) is 41.0 Å². The van der Waals surface area contributed by atoms with E-state index in [4.69, 9.17) is 19.3 Å². The van der Waals surface area contributed by atoms with Gasteiger partial charge in [0.15, 0.2) is 6.10 Å². The maximum absolute atomic E-state index is 12.2. The lowest BCUT2D eigenvalue weighted by molar-refractivity contribution is -0.161. The van der Waals surface area contributed by atoms with E-state index in [0.717, 1.165) is 51.4 Å². The molecule has 0 saturated carbocycles. The fourth-order valence-corrected chi connectivity index (χ4v) is 3.59. The number of hydrogen-bond donors (Lipinski definition) is 2. The fourth-order valence-electron chi connectivity index (χ4n) is 3.23. The number of phosphoric acid groups is 1. The molecule has 0 saturated heterocycles. The van der Waals surface area contributed by atoms with Crippen LogP contribution in [0.1, 0.15) is 97.3 Å². The van der Waals surface area contributed by atoms with E-state index in [0.29, 0.717) is 19.3 Å². The molecule has 0 spiro atoms. The number of carbonyl (C=O) groups excluding carboxylic acids is 2. The molecule has 0 aliphatic rings. The molecule has 0 aliphatic carbocycles. The minimum Gasteiger partial charge on any atom is -0.462 e. The number of ether oxygens (including phenoxy) is 2. The first kappa shape index (κ1) is 36.8. The second-order valence-electron chi connectivity index (χ2n) is 8.99. The van der Waals surface area contributed by atoms with Crippen LogP contribution in [0.4, 0.5) is 0 Å². The average molecular weight is 569 g/mol. The largest absolute Gasteiger partial charge is 0.469 e. The van der Waals surface area contributed by atoms with Crippen LogP contribution in [0, 0.1) is 0 Å². The van der Waals surface area contributed by atoms with Crippen LogP contribution in [-0.2, 0) is 28.2 Å². The van der Waals surface area contributed by atoms with Crippen molar-refractivity contribution in [2.24, 2.45) is 0 Å². The molecular weight excluding hydrogens is 519 g/mol. The number of carbonyl (C=O) groups is 2. The summed E-state index contributed by atoms with van der Waals surface area (Å²) in [5.74, 6) is -0.984.